The molecule has 32 heavy (non-hydrogen) atoms. The lowest BCUT2D eigenvalue weighted by Gasteiger charge is -2.24. The van der Waals surface area contributed by atoms with Crippen molar-refractivity contribution in [1.29, 1.82) is 0 Å². The Hall–Kier alpha value is -3.56. The van der Waals surface area contributed by atoms with Crippen LogP contribution in [0.1, 0.15) is 32.0 Å². The number of imidazole rings is 1. The first kappa shape index (κ1) is 24.7. The van der Waals surface area contributed by atoms with Gasteiger partial charge in [0.25, 0.3) is 0 Å². The molecule has 1 heterocycles. The summed E-state index contributed by atoms with van der Waals surface area (Å²) < 4.78 is 15.3. The average molecular weight is 447 g/mol. The van der Waals surface area contributed by atoms with Gasteiger partial charge in [-0.05, 0) is 38.5 Å². The summed E-state index contributed by atoms with van der Waals surface area (Å²) in [5.41, 5.74) is 0.694. The molecule has 0 aliphatic rings. The van der Waals surface area contributed by atoms with Crippen LogP contribution in [-0.2, 0) is 31.9 Å². The highest BCUT2D eigenvalue weighted by atomic mass is 16.6. The smallest absolute Gasteiger partial charge is 0.408 e. The highest BCUT2D eigenvalue weighted by Crippen LogP contribution is 2.14. The second-order valence-electron chi connectivity index (χ2n) is 8.12. The van der Waals surface area contributed by atoms with E-state index in [4.69, 9.17) is 14.2 Å². The van der Waals surface area contributed by atoms with Gasteiger partial charge >= 0.3 is 12.1 Å². The van der Waals surface area contributed by atoms with Gasteiger partial charge in [-0.2, -0.15) is 0 Å². The van der Waals surface area contributed by atoms with Crippen molar-refractivity contribution in [3.05, 3.63) is 48.0 Å². The Morgan fingerprint density at radius 1 is 1.03 bits per heavy atom. The molecule has 0 saturated carbocycles. The molecule has 0 aliphatic heterocycles. The van der Waals surface area contributed by atoms with Gasteiger partial charge < -0.3 is 29.8 Å². The summed E-state index contributed by atoms with van der Waals surface area (Å²) in [5, 5.41) is 5.24. The lowest BCUT2D eigenvalue weighted by atomic mass is 10.0. The maximum Gasteiger partial charge on any atom is 0.408 e. The molecule has 0 fully saturated rings. The van der Waals surface area contributed by atoms with Crippen LogP contribution in [0.5, 0.6) is 5.75 Å². The predicted octanol–water partition coefficient (Wildman–Crippen LogP) is 1.75. The van der Waals surface area contributed by atoms with Gasteiger partial charge in [0, 0.05) is 24.7 Å². The van der Waals surface area contributed by atoms with Gasteiger partial charge in [-0.1, -0.05) is 12.1 Å². The van der Waals surface area contributed by atoms with E-state index in [1.807, 2.05) is 0 Å². The zero-order valence-electron chi connectivity index (χ0n) is 18.9. The van der Waals surface area contributed by atoms with Crippen LogP contribution in [0.15, 0.2) is 36.8 Å². The molecule has 0 saturated heterocycles. The molecule has 2 aromatic rings. The number of carbonyl (C=O) groups excluding carboxylic acids is 3. The fourth-order valence-electron chi connectivity index (χ4n) is 2.88. The van der Waals surface area contributed by atoms with Crippen LogP contribution in [0.4, 0.5) is 4.79 Å². The van der Waals surface area contributed by atoms with Crippen LogP contribution in [-0.4, -0.2) is 59.8 Å². The summed E-state index contributed by atoms with van der Waals surface area (Å²) in [5.74, 6) is -0.491. The minimum absolute atomic E-state index is 0.126. The molecule has 2 amide bonds. The number of rotatable bonds is 9. The second-order valence-corrected chi connectivity index (χ2v) is 8.12. The highest BCUT2D eigenvalue weighted by Gasteiger charge is 2.29. The average Bonchev–Trinajstić information content (AvgIpc) is 3.24. The van der Waals surface area contributed by atoms with Crippen LogP contribution >= 0.6 is 0 Å². The molecule has 0 aliphatic carbocycles. The largest absolute Gasteiger partial charge is 0.497 e. The van der Waals surface area contributed by atoms with Crippen molar-refractivity contribution >= 4 is 18.0 Å². The van der Waals surface area contributed by atoms with Gasteiger partial charge in [0.05, 0.1) is 20.5 Å². The van der Waals surface area contributed by atoms with Crippen LogP contribution in [0.3, 0.4) is 0 Å². The van der Waals surface area contributed by atoms with Crippen molar-refractivity contribution < 1.29 is 28.6 Å². The minimum atomic E-state index is -1.01. The molecule has 174 valence electrons. The van der Waals surface area contributed by atoms with E-state index in [-0.39, 0.29) is 12.8 Å². The zero-order chi connectivity index (χ0) is 23.7. The van der Waals surface area contributed by atoms with Crippen LogP contribution in [0, 0.1) is 0 Å². The quantitative estimate of drug-likeness (QED) is 0.500. The Bertz CT molecular complexity index is 890. The fraction of sp³-hybridized carbons (Fsp3) is 0.455. The number of alkyl carbamates (subject to hydrolysis) is 1. The number of carbonyl (C=O) groups is 3. The third-order valence-corrected chi connectivity index (χ3v) is 4.39. The number of H-pyrrole nitrogens is 1. The Kier molecular flexibility index (Phi) is 8.62. The number of methoxy groups -OCH3 is 2. The van der Waals surface area contributed by atoms with Gasteiger partial charge in [0.1, 0.15) is 23.4 Å². The van der Waals surface area contributed by atoms with E-state index in [9.17, 15) is 14.4 Å². The van der Waals surface area contributed by atoms with Gasteiger partial charge in [0.2, 0.25) is 5.91 Å². The molecule has 10 heteroatoms. The first-order valence-electron chi connectivity index (χ1n) is 10.1. The summed E-state index contributed by atoms with van der Waals surface area (Å²) in [6, 6.07) is 5.15. The van der Waals surface area contributed by atoms with Crippen molar-refractivity contribution in [2.45, 2.75) is 51.3 Å². The van der Waals surface area contributed by atoms with Crippen molar-refractivity contribution in [2.75, 3.05) is 14.2 Å². The van der Waals surface area contributed by atoms with E-state index in [1.54, 1.807) is 58.3 Å². The van der Waals surface area contributed by atoms with Crippen molar-refractivity contribution in [2.24, 2.45) is 0 Å². The summed E-state index contributed by atoms with van der Waals surface area (Å²) in [7, 11) is 2.81. The number of aromatic nitrogens is 2. The molecule has 0 spiro atoms. The van der Waals surface area contributed by atoms with E-state index in [1.165, 1.54) is 13.4 Å². The molecule has 1 aromatic carbocycles. The second kappa shape index (κ2) is 11.2. The SMILES string of the molecule is COC(=O)[C@@H](Cc1ccc(OC)cc1)NC(=O)[C@H](Cc1cnc[nH]1)NC(=O)OC(C)(C)C. The maximum atomic E-state index is 13.0. The molecule has 1 aromatic heterocycles. The topological polar surface area (TPSA) is 132 Å². The molecule has 0 bridgehead atoms. The third-order valence-electron chi connectivity index (χ3n) is 4.39. The van der Waals surface area contributed by atoms with E-state index >= 15 is 0 Å². The van der Waals surface area contributed by atoms with E-state index in [0.29, 0.717) is 11.4 Å². The molecule has 3 N–H and O–H groups in total. The normalized spacial score (nSPS) is 12.9. The summed E-state index contributed by atoms with van der Waals surface area (Å²) >= 11 is 0. The lowest BCUT2D eigenvalue weighted by molar-refractivity contribution is -0.145. The monoisotopic (exact) mass is 446 g/mol. The summed E-state index contributed by atoms with van der Waals surface area (Å²) in [6.07, 6.45) is 2.60. The minimum Gasteiger partial charge on any atom is -0.497 e. The van der Waals surface area contributed by atoms with Crippen LogP contribution in [0.25, 0.3) is 0 Å². The predicted molar refractivity (Wildman–Crippen MR) is 116 cm³/mol. The number of nitrogens with zero attached hydrogens (tertiary/aromatic N) is 1. The Morgan fingerprint density at radius 3 is 2.25 bits per heavy atom. The summed E-state index contributed by atoms with van der Waals surface area (Å²) in [6.45, 7) is 5.16. The number of esters is 1. The molecular formula is C22H30N4O6. The van der Waals surface area contributed by atoms with Crippen LogP contribution < -0.4 is 15.4 Å². The number of hydrogen-bond acceptors (Lipinski definition) is 7. The molecular weight excluding hydrogens is 416 g/mol. The fourth-order valence-corrected chi connectivity index (χ4v) is 2.88. The van der Waals surface area contributed by atoms with Crippen molar-refractivity contribution in [3.8, 4) is 5.75 Å². The summed E-state index contributed by atoms with van der Waals surface area (Å²) in [4.78, 5) is 44.5. The van der Waals surface area contributed by atoms with Gasteiger partial charge in [-0.3, -0.25) is 4.79 Å². The van der Waals surface area contributed by atoms with Crippen molar-refractivity contribution in [1.82, 2.24) is 20.6 Å². The lowest BCUT2D eigenvalue weighted by Crippen LogP contribution is -2.54. The molecule has 0 unspecified atom stereocenters. The number of amides is 2. The van der Waals surface area contributed by atoms with E-state index in [2.05, 4.69) is 20.6 Å². The Labute approximate surface area is 187 Å². The standard InChI is InChI=1S/C22H30N4O6/c1-22(2,3)32-21(29)26-17(11-15-12-23-13-24-15)19(27)25-18(20(28)31-5)10-14-6-8-16(30-4)9-7-14/h6-9,12-13,17-18H,10-11H2,1-5H3,(H,23,24)(H,25,27)(H,26,29)/t17-,18+/m0/s1. The molecule has 10 nitrogen and oxygen atoms in total. The molecule has 0 radical (unpaired) electrons. The van der Waals surface area contributed by atoms with Gasteiger partial charge in [-0.25, -0.2) is 14.6 Å². The van der Waals surface area contributed by atoms with Crippen molar-refractivity contribution in [3.63, 3.8) is 0 Å². The first-order chi connectivity index (χ1) is 15.1. The Morgan fingerprint density at radius 2 is 1.72 bits per heavy atom. The number of hydrogen-bond donors (Lipinski definition) is 3. The third kappa shape index (κ3) is 7.93. The van der Waals surface area contributed by atoms with Crippen LogP contribution in [0.2, 0.25) is 0 Å². The molecule has 2 atom stereocenters. The highest BCUT2D eigenvalue weighted by molar-refractivity contribution is 5.90. The van der Waals surface area contributed by atoms with E-state index < -0.39 is 35.7 Å². The Balaban J connectivity index is 2.15. The maximum absolute atomic E-state index is 13.0. The van der Waals surface area contributed by atoms with Gasteiger partial charge in [0.15, 0.2) is 0 Å². The number of benzene rings is 1. The zero-order valence-corrected chi connectivity index (χ0v) is 18.9. The first-order valence-corrected chi connectivity index (χ1v) is 10.1. The molecule has 2 rings (SSSR count). The number of ether oxygens (including phenoxy) is 3. The van der Waals surface area contributed by atoms with Gasteiger partial charge in [-0.15, -0.1) is 0 Å². The number of nitrogens with one attached hydrogen (secondary N) is 3. The van der Waals surface area contributed by atoms with E-state index in [0.717, 1.165) is 5.56 Å². The number of aromatic amines is 1.